The van der Waals surface area contributed by atoms with E-state index in [-0.39, 0.29) is 30.8 Å². The van der Waals surface area contributed by atoms with E-state index in [9.17, 15) is 18.0 Å². The molecule has 0 aliphatic heterocycles. The molecule has 0 saturated carbocycles. The normalized spacial score (nSPS) is 13.0. The van der Waals surface area contributed by atoms with Crippen LogP contribution in [0.1, 0.15) is 56.7 Å². The number of amides is 2. The van der Waals surface area contributed by atoms with Crippen molar-refractivity contribution in [1.29, 1.82) is 0 Å². The molecule has 3 rings (SSSR count). The van der Waals surface area contributed by atoms with Gasteiger partial charge in [-0.3, -0.25) is 13.9 Å². The fraction of sp³-hybridized carbons (Fsp3) is 0.375. The highest BCUT2D eigenvalue weighted by Crippen LogP contribution is 2.23. The lowest BCUT2D eigenvalue weighted by molar-refractivity contribution is -0.140. The van der Waals surface area contributed by atoms with Crippen LogP contribution in [0.5, 0.6) is 0 Å². The summed E-state index contributed by atoms with van der Waals surface area (Å²) in [7, 11) is -3.82. The molecule has 2 atom stereocenters. The lowest BCUT2D eigenvalue weighted by Gasteiger charge is -2.34. The SMILES string of the molecule is CC[C@@H](C)NC(=O)[C@@H](Cc1ccccc1)N(Cc1ccc(Cl)cc1)C(=O)CN(c1ccc(C(C)C)cc1)S(C)(=O)=O. The molecule has 0 heterocycles. The van der Waals surface area contributed by atoms with Crippen LogP contribution in [0, 0.1) is 0 Å². The lowest BCUT2D eigenvalue weighted by Crippen LogP contribution is -2.54. The third kappa shape index (κ3) is 9.33. The molecule has 0 aromatic heterocycles. The van der Waals surface area contributed by atoms with Gasteiger partial charge in [-0.25, -0.2) is 8.42 Å². The van der Waals surface area contributed by atoms with Crippen molar-refractivity contribution < 1.29 is 18.0 Å². The number of nitrogens with zero attached hydrogens (tertiary/aromatic N) is 2. The molecule has 220 valence electrons. The van der Waals surface area contributed by atoms with Crippen LogP contribution in [0.3, 0.4) is 0 Å². The predicted octanol–water partition coefficient (Wildman–Crippen LogP) is 5.78. The fourth-order valence-electron chi connectivity index (χ4n) is 4.42. The van der Waals surface area contributed by atoms with Gasteiger partial charge in [-0.05, 0) is 60.2 Å². The van der Waals surface area contributed by atoms with E-state index in [4.69, 9.17) is 11.6 Å². The van der Waals surface area contributed by atoms with Crippen molar-refractivity contribution in [3.63, 3.8) is 0 Å². The molecule has 0 bridgehead atoms. The lowest BCUT2D eigenvalue weighted by atomic mass is 10.0. The van der Waals surface area contributed by atoms with E-state index < -0.39 is 28.5 Å². The Morgan fingerprint density at radius 1 is 0.878 bits per heavy atom. The Kier molecular flexibility index (Phi) is 11.4. The van der Waals surface area contributed by atoms with Crippen molar-refractivity contribution in [2.24, 2.45) is 0 Å². The van der Waals surface area contributed by atoms with E-state index in [0.29, 0.717) is 10.7 Å². The Labute approximate surface area is 249 Å². The van der Waals surface area contributed by atoms with Gasteiger partial charge >= 0.3 is 0 Å². The van der Waals surface area contributed by atoms with E-state index in [1.54, 1.807) is 36.4 Å². The zero-order valence-electron chi connectivity index (χ0n) is 24.4. The van der Waals surface area contributed by atoms with Gasteiger partial charge in [0.05, 0.1) is 11.9 Å². The number of halogens is 1. The number of anilines is 1. The van der Waals surface area contributed by atoms with Crippen molar-refractivity contribution in [2.75, 3.05) is 17.1 Å². The summed E-state index contributed by atoms with van der Waals surface area (Å²) in [6.07, 6.45) is 2.07. The third-order valence-corrected chi connectivity index (χ3v) is 8.46. The molecule has 0 unspecified atom stereocenters. The van der Waals surface area contributed by atoms with Crippen LogP contribution >= 0.6 is 11.6 Å². The first-order chi connectivity index (χ1) is 19.4. The van der Waals surface area contributed by atoms with Crippen molar-refractivity contribution in [2.45, 2.75) is 65.1 Å². The topological polar surface area (TPSA) is 86.8 Å². The van der Waals surface area contributed by atoms with Gasteiger partial charge in [0.1, 0.15) is 12.6 Å². The Morgan fingerprint density at radius 3 is 2.02 bits per heavy atom. The standard InChI is InChI=1S/C32H40ClN3O4S/c1-6-24(4)34-32(38)30(20-25-10-8-7-9-11-25)35(21-26-12-16-28(33)17-13-26)31(37)22-36(41(5,39)40)29-18-14-27(15-19-29)23(2)3/h7-19,23-24,30H,6,20-22H2,1-5H3,(H,34,38)/t24-,30-/m1/s1. The van der Waals surface area contributed by atoms with Crippen molar-refractivity contribution in [3.05, 3.63) is 101 Å². The molecule has 0 radical (unpaired) electrons. The molecule has 9 heteroatoms. The van der Waals surface area contributed by atoms with Gasteiger partial charge in [0.2, 0.25) is 21.8 Å². The van der Waals surface area contributed by atoms with Crippen LogP contribution in [0.15, 0.2) is 78.9 Å². The second-order valence-corrected chi connectivity index (χ2v) is 13.0. The van der Waals surface area contributed by atoms with Crippen LogP contribution in [-0.2, 0) is 32.6 Å². The van der Waals surface area contributed by atoms with E-state index >= 15 is 0 Å². The summed E-state index contributed by atoms with van der Waals surface area (Å²) in [6, 6.07) is 22.7. The van der Waals surface area contributed by atoms with E-state index in [1.165, 1.54) is 4.90 Å². The fourth-order valence-corrected chi connectivity index (χ4v) is 5.40. The Bertz CT molecular complexity index is 1400. The minimum absolute atomic E-state index is 0.0970. The van der Waals surface area contributed by atoms with Gasteiger partial charge in [-0.1, -0.05) is 87.0 Å². The summed E-state index contributed by atoms with van der Waals surface area (Å²) < 4.78 is 27.0. The largest absolute Gasteiger partial charge is 0.352 e. The molecule has 0 aliphatic carbocycles. The third-order valence-electron chi connectivity index (χ3n) is 7.07. The average Bonchev–Trinajstić information content (AvgIpc) is 2.94. The number of hydrogen-bond donors (Lipinski definition) is 1. The molecule has 0 saturated heterocycles. The average molecular weight is 598 g/mol. The second-order valence-electron chi connectivity index (χ2n) is 10.7. The first-order valence-corrected chi connectivity index (χ1v) is 16.1. The zero-order chi connectivity index (χ0) is 30.2. The van der Waals surface area contributed by atoms with Crippen LogP contribution in [-0.4, -0.2) is 50.0 Å². The monoisotopic (exact) mass is 597 g/mol. The van der Waals surface area contributed by atoms with Gasteiger partial charge in [0.15, 0.2) is 0 Å². The molecule has 7 nitrogen and oxygen atoms in total. The number of rotatable bonds is 13. The summed E-state index contributed by atoms with van der Waals surface area (Å²) in [6.45, 7) is 7.65. The molecule has 0 spiro atoms. The zero-order valence-corrected chi connectivity index (χ0v) is 26.0. The number of nitrogens with one attached hydrogen (secondary N) is 1. The number of carbonyl (C=O) groups is 2. The summed E-state index contributed by atoms with van der Waals surface area (Å²) in [5.41, 5.74) is 3.10. The van der Waals surface area contributed by atoms with E-state index in [0.717, 1.165) is 33.7 Å². The first kappa shape index (κ1) is 32.2. The summed E-state index contributed by atoms with van der Waals surface area (Å²) >= 11 is 6.10. The van der Waals surface area contributed by atoms with Crippen LogP contribution in [0.4, 0.5) is 5.69 Å². The molecular formula is C32H40ClN3O4S. The second kappa shape index (κ2) is 14.5. The molecule has 0 fully saturated rings. The summed E-state index contributed by atoms with van der Waals surface area (Å²) in [5.74, 6) is -0.508. The Balaban J connectivity index is 2.04. The number of benzene rings is 3. The maximum absolute atomic E-state index is 14.1. The maximum Gasteiger partial charge on any atom is 0.244 e. The van der Waals surface area contributed by atoms with Gasteiger partial charge in [-0.2, -0.15) is 0 Å². The summed E-state index contributed by atoms with van der Waals surface area (Å²) in [4.78, 5) is 29.3. The number of carbonyl (C=O) groups excluding carboxylic acids is 2. The summed E-state index contributed by atoms with van der Waals surface area (Å²) in [5, 5.41) is 3.58. The predicted molar refractivity (Wildman–Crippen MR) is 167 cm³/mol. The molecule has 41 heavy (non-hydrogen) atoms. The number of sulfonamides is 1. The van der Waals surface area contributed by atoms with E-state index in [2.05, 4.69) is 19.2 Å². The minimum atomic E-state index is -3.82. The highest BCUT2D eigenvalue weighted by atomic mass is 35.5. The van der Waals surface area contributed by atoms with Gasteiger partial charge < -0.3 is 10.2 Å². The molecule has 0 aliphatic rings. The van der Waals surface area contributed by atoms with Gasteiger partial charge in [-0.15, -0.1) is 0 Å². The molecule has 3 aromatic carbocycles. The quantitative estimate of drug-likeness (QED) is 0.270. The molecule has 1 N–H and O–H groups in total. The maximum atomic E-state index is 14.1. The van der Waals surface area contributed by atoms with Crippen LogP contribution < -0.4 is 9.62 Å². The highest BCUT2D eigenvalue weighted by Gasteiger charge is 2.33. The van der Waals surface area contributed by atoms with Crippen LogP contribution in [0.2, 0.25) is 5.02 Å². The molecule has 2 amide bonds. The van der Waals surface area contributed by atoms with Crippen molar-refractivity contribution in [1.82, 2.24) is 10.2 Å². The highest BCUT2D eigenvalue weighted by molar-refractivity contribution is 7.92. The Morgan fingerprint density at radius 2 is 1.49 bits per heavy atom. The van der Waals surface area contributed by atoms with Gasteiger partial charge in [0, 0.05) is 24.0 Å². The molecular weight excluding hydrogens is 558 g/mol. The van der Waals surface area contributed by atoms with Crippen LogP contribution in [0.25, 0.3) is 0 Å². The van der Waals surface area contributed by atoms with Crippen molar-refractivity contribution in [3.8, 4) is 0 Å². The first-order valence-electron chi connectivity index (χ1n) is 13.8. The van der Waals surface area contributed by atoms with E-state index in [1.807, 2.05) is 56.3 Å². The Hall–Kier alpha value is -3.36. The minimum Gasteiger partial charge on any atom is -0.352 e. The van der Waals surface area contributed by atoms with Crippen molar-refractivity contribution >= 4 is 39.1 Å². The molecule has 3 aromatic rings. The smallest absolute Gasteiger partial charge is 0.244 e. The number of hydrogen-bond acceptors (Lipinski definition) is 4. The van der Waals surface area contributed by atoms with Gasteiger partial charge in [0.25, 0.3) is 0 Å².